The second-order valence-electron chi connectivity index (χ2n) is 3.29. The molecule has 0 heterocycles. The van der Waals surface area contributed by atoms with E-state index < -0.39 is 0 Å². The third kappa shape index (κ3) is 2.55. The molecule has 1 aliphatic rings. The lowest BCUT2D eigenvalue weighted by Crippen LogP contribution is -2.42. The van der Waals surface area contributed by atoms with Crippen LogP contribution in [-0.2, 0) is 0 Å². The zero-order valence-corrected chi connectivity index (χ0v) is 7.48. The molecule has 0 aromatic rings. The molecule has 11 heavy (non-hydrogen) atoms. The van der Waals surface area contributed by atoms with Gasteiger partial charge in [-0.05, 0) is 25.7 Å². The van der Waals surface area contributed by atoms with Crippen LogP contribution in [0, 0.1) is 17.8 Å². The van der Waals surface area contributed by atoms with Gasteiger partial charge < -0.3 is 5.32 Å². The molecule has 1 rings (SSSR count). The summed E-state index contributed by atoms with van der Waals surface area (Å²) < 4.78 is 0. The minimum Gasteiger partial charge on any atom is -0.313 e. The van der Waals surface area contributed by atoms with Crippen LogP contribution < -0.4 is 5.32 Å². The second-order valence-corrected chi connectivity index (χ2v) is 3.29. The SMILES string of the molecule is CC#CCCNC1CCC1C. The Kier molecular flexibility index (Phi) is 3.45. The topological polar surface area (TPSA) is 12.0 Å². The Morgan fingerprint density at radius 2 is 2.27 bits per heavy atom. The Bertz CT molecular complexity index is 163. The van der Waals surface area contributed by atoms with Crippen LogP contribution in [0.1, 0.15) is 33.1 Å². The molecule has 0 aliphatic heterocycles. The van der Waals surface area contributed by atoms with Crippen molar-refractivity contribution in [3.05, 3.63) is 0 Å². The van der Waals surface area contributed by atoms with Crippen LogP contribution in [0.5, 0.6) is 0 Å². The maximum absolute atomic E-state index is 3.50. The predicted molar refractivity (Wildman–Crippen MR) is 48.3 cm³/mol. The number of nitrogens with one attached hydrogen (secondary N) is 1. The highest BCUT2D eigenvalue weighted by molar-refractivity contribution is 4.95. The highest BCUT2D eigenvalue weighted by atomic mass is 14.9. The molecule has 0 amide bonds. The van der Waals surface area contributed by atoms with Gasteiger partial charge in [0.15, 0.2) is 0 Å². The summed E-state index contributed by atoms with van der Waals surface area (Å²) in [5.74, 6) is 6.85. The third-order valence-corrected chi connectivity index (χ3v) is 2.45. The van der Waals surface area contributed by atoms with E-state index in [1.165, 1.54) is 12.8 Å². The molecule has 1 nitrogen and oxygen atoms in total. The zero-order valence-electron chi connectivity index (χ0n) is 7.48. The van der Waals surface area contributed by atoms with Crippen LogP contribution in [-0.4, -0.2) is 12.6 Å². The lowest BCUT2D eigenvalue weighted by molar-refractivity contribution is 0.232. The fourth-order valence-electron chi connectivity index (χ4n) is 1.41. The van der Waals surface area contributed by atoms with Gasteiger partial charge in [0.1, 0.15) is 0 Å². The quantitative estimate of drug-likeness (QED) is 0.479. The van der Waals surface area contributed by atoms with Gasteiger partial charge in [0, 0.05) is 19.0 Å². The van der Waals surface area contributed by atoms with Gasteiger partial charge in [-0.3, -0.25) is 0 Å². The van der Waals surface area contributed by atoms with E-state index >= 15 is 0 Å². The van der Waals surface area contributed by atoms with Crippen molar-refractivity contribution in [3.63, 3.8) is 0 Å². The Morgan fingerprint density at radius 1 is 1.45 bits per heavy atom. The smallest absolute Gasteiger partial charge is 0.0214 e. The van der Waals surface area contributed by atoms with Crippen molar-refractivity contribution in [3.8, 4) is 11.8 Å². The highest BCUT2D eigenvalue weighted by Crippen LogP contribution is 2.25. The Hall–Kier alpha value is -0.480. The van der Waals surface area contributed by atoms with Gasteiger partial charge in [0.25, 0.3) is 0 Å². The molecule has 62 valence electrons. The molecular formula is C10H17N. The van der Waals surface area contributed by atoms with Crippen LogP contribution in [0.3, 0.4) is 0 Å². The predicted octanol–water partition coefficient (Wildman–Crippen LogP) is 1.79. The molecule has 0 aromatic heterocycles. The van der Waals surface area contributed by atoms with E-state index in [2.05, 4.69) is 24.1 Å². The lowest BCUT2D eigenvalue weighted by Gasteiger charge is -2.34. The van der Waals surface area contributed by atoms with E-state index in [1.807, 2.05) is 6.92 Å². The molecule has 1 saturated carbocycles. The van der Waals surface area contributed by atoms with E-state index in [9.17, 15) is 0 Å². The fraction of sp³-hybridized carbons (Fsp3) is 0.800. The van der Waals surface area contributed by atoms with Crippen LogP contribution in [0.4, 0.5) is 0 Å². The van der Waals surface area contributed by atoms with Crippen LogP contribution in [0.25, 0.3) is 0 Å². The summed E-state index contributed by atoms with van der Waals surface area (Å²) in [5.41, 5.74) is 0. The van der Waals surface area contributed by atoms with Gasteiger partial charge in [-0.25, -0.2) is 0 Å². The first-order valence-corrected chi connectivity index (χ1v) is 4.47. The normalized spacial score (nSPS) is 28.5. The van der Waals surface area contributed by atoms with Gasteiger partial charge in [0.2, 0.25) is 0 Å². The molecule has 2 atom stereocenters. The van der Waals surface area contributed by atoms with Crippen LogP contribution >= 0.6 is 0 Å². The number of rotatable bonds is 3. The Labute approximate surface area is 69.6 Å². The second kappa shape index (κ2) is 4.41. The monoisotopic (exact) mass is 151 g/mol. The zero-order chi connectivity index (χ0) is 8.10. The van der Waals surface area contributed by atoms with E-state index in [0.717, 1.165) is 24.9 Å². The summed E-state index contributed by atoms with van der Waals surface area (Å²) in [6.07, 6.45) is 3.76. The lowest BCUT2D eigenvalue weighted by atomic mass is 9.81. The molecule has 1 heteroatoms. The summed E-state index contributed by atoms with van der Waals surface area (Å²) in [6.45, 7) is 5.27. The molecule has 0 saturated heterocycles. The van der Waals surface area contributed by atoms with Crippen molar-refractivity contribution < 1.29 is 0 Å². The molecule has 1 N–H and O–H groups in total. The van der Waals surface area contributed by atoms with Crippen LogP contribution in [0.2, 0.25) is 0 Å². The van der Waals surface area contributed by atoms with E-state index in [4.69, 9.17) is 0 Å². The molecule has 0 spiro atoms. The van der Waals surface area contributed by atoms with Crippen molar-refractivity contribution in [2.45, 2.75) is 39.2 Å². The van der Waals surface area contributed by atoms with Crippen molar-refractivity contribution in [2.75, 3.05) is 6.54 Å². The molecule has 0 radical (unpaired) electrons. The van der Waals surface area contributed by atoms with Gasteiger partial charge in [-0.2, -0.15) is 0 Å². The number of hydrogen-bond acceptors (Lipinski definition) is 1. The molecule has 0 aromatic carbocycles. The van der Waals surface area contributed by atoms with E-state index in [0.29, 0.717) is 0 Å². The maximum atomic E-state index is 3.50. The summed E-state index contributed by atoms with van der Waals surface area (Å²) in [7, 11) is 0. The number of hydrogen-bond donors (Lipinski definition) is 1. The Morgan fingerprint density at radius 3 is 2.73 bits per heavy atom. The average molecular weight is 151 g/mol. The first kappa shape index (κ1) is 8.62. The largest absolute Gasteiger partial charge is 0.313 e. The molecule has 1 aliphatic carbocycles. The van der Waals surface area contributed by atoms with Gasteiger partial charge in [0.05, 0.1) is 0 Å². The highest BCUT2D eigenvalue weighted by Gasteiger charge is 2.25. The summed E-state index contributed by atoms with van der Waals surface area (Å²) >= 11 is 0. The standard InChI is InChI=1S/C10H17N/c1-3-4-5-8-11-10-7-6-9(10)2/h9-11H,5-8H2,1-2H3. The van der Waals surface area contributed by atoms with Crippen molar-refractivity contribution in [1.29, 1.82) is 0 Å². The average Bonchev–Trinajstić information content (AvgIpc) is 2.02. The summed E-state index contributed by atoms with van der Waals surface area (Å²) in [5, 5.41) is 3.50. The Balaban J connectivity index is 1.97. The van der Waals surface area contributed by atoms with Gasteiger partial charge in [-0.15, -0.1) is 11.8 Å². The van der Waals surface area contributed by atoms with Crippen molar-refractivity contribution >= 4 is 0 Å². The van der Waals surface area contributed by atoms with Crippen LogP contribution in [0.15, 0.2) is 0 Å². The minimum absolute atomic E-state index is 0.786. The van der Waals surface area contributed by atoms with E-state index in [-0.39, 0.29) is 0 Å². The molecular weight excluding hydrogens is 134 g/mol. The summed E-state index contributed by atoms with van der Waals surface area (Å²) in [6, 6.07) is 0.786. The molecule has 2 unspecified atom stereocenters. The van der Waals surface area contributed by atoms with Gasteiger partial charge in [-0.1, -0.05) is 6.92 Å². The van der Waals surface area contributed by atoms with Crippen molar-refractivity contribution in [1.82, 2.24) is 5.32 Å². The first-order valence-electron chi connectivity index (χ1n) is 4.47. The van der Waals surface area contributed by atoms with Crippen molar-refractivity contribution in [2.24, 2.45) is 5.92 Å². The minimum atomic E-state index is 0.786. The summed E-state index contributed by atoms with van der Waals surface area (Å²) in [4.78, 5) is 0. The third-order valence-electron chi connectivity index (χ3n) is 2.45. The maximum Gasteiger partial charge on any atom is 0.0214 e. The molecule has 1 fully saturated rings. The first-order chi connectivity index (χ1) is 5.34. The molecule has 0 bridgehead atoms. The van der Waals surface area contributed by atoms with E-state index in [1.54, 1.807) is 0 Å². The fourth-order valence-corrected chi connectivity index (χ4v) is 1.41. The van der Waals surface area contributed by atoms with Gasteiger partial charge >= 0.3 is 0 Å².